The lowest BCUT2D eigenvalue weighted by Gasteiger charge is -2.27. The van der Waals surface area contributed by atoms with E-state index in [1.807, 2.05) is 48.5 Å². The van der Waals surface area contributed by atoms with E-state index in [4.69, 9.17) is 4.74 Å². The lowest BCUT2D eigenvalue weighted by atomic mass is 9.95. The highest BCUT2D eigenvalue weighted by atomic mass is 16.6. The second-order valence-corrected chi connectivity index (χ2v) is 6.55. The first-order valence-corrected chi connectivity index (χ1v) is 8.56. The topological polar surface area (TPSA) is 67.4 Å². The molecule has 2 heterocycles. The standard InChI is InChI=1S/C20H20N2O3/c23-19(17-9-13-5-1-3-7-15(13)11-21-17)25-20(24)18-10-14-6-2-4-8-16(14)12-22-18/h1-8,17-18,21-22H,9-12H2. The lowest BCUT2D eigenvalue weighted by Crippen LogP contribution is -2.47. The van der Waals surface area contributed by atoms with E-state index < -0.39 is 24.0 Å². The van der Waals surface area contributed by atoms with Crippen molar-refractivity contribution in [3.63, 3.8) is 0 Å². The van der Waals surface area contributed by atoms with Crippen LogP contribution in [0, 0.1) is 0 Å². The van der Waals surface area contributed by atoms with Crippen LogP contribution in [0.15, 0.2) is 48.5 Å². The fraction of sp³-hybridized carbons (Fsp3) is 0.300. The summed E-state index contributed by atoms with van der Waals surface area (Å²) in [4.78, 5) is 24.7. The van der Waals surface area contributed by atoms with Gasteiger partial charge in [0, 0.05) is 13.1 Å². The van der Waals surface area contributed by atoms with Crippen LogP contribution >= 0.6 is 0 Å². The van der Waals surface area contributed by atoms with Crippen molar-refractivity contribution in [3.8, 4) is 0 Å². The maximum absolute atomic E-state index is 12.4. The highest BCUT2D eigenvalue weighted by Crippen LogP contribution is 2.19. The van der Waals surface area contributed by atoms with Crippen molar-refractivity contribution in [1.82, 2.24) is 10.6 Å². The zero-order valence-electron chi connectivity index (χ0n) is 13.8. The molecule has 2 aromatic rings. The molecule has 4 rings (SSSR count). The summed E-state index contributed by atoms with van der Waals surface area (Å²) in [6.45, 7) is 1.22. The lowest BCUT2D eigenvalue weighted by molar-refractivity contribution is -0.163. The molecule has 2 unspecified atom stereocenters. The number of rotatable bonds is 2. The van der Waals surface area contributed by atoms with Gasteiger partial charge in [-0.05, 0) is 35.1 Å². The zero-order valence-corrected chi connectivity index (χ0v) is 13.8. The van der Waals surface area contributed by atoms with E-state index in [0.717, 1.165) is 11.1 Å². The minimum absolute atomic E-state index is 0.477. The maximum atomic E-state index is 12.4. The molecular weight excluding hydrogens is 316 g/mol. The van der Waals surface area contributed by atoms with Gasteiger partial charge in [-0.1, -0.05) is 48.5 Å². The molecule has 5 heteroatoms. The van der Waals surface area contributed by atoms with Crippen LogP contribution in [0.5, 0.6) is 0 Å². The van der Waals surface area contributed by atoms with E-state index in [-0.39, 0.29) is 0 Å². The minimum Gasteiger partial charge on any atom is -0.391 e. The van der Waals surface area contributed by atoms with Gasteiger partial charge in [0.05, 0.1) is 0 Å². The molecule has 2 atom stereocenters. The van der Waals surface area contributed by atoms with Crippen LogP contribution in [0.4, 0.5) is 0 Å². The number of carbonyl (C=O) groups excluding carboxylic acids is 2. The quantitative estimate of drug-likeness (QED) is 0.642. The molecule has 128 valence electrons. The Morgan fingerprint density at radius 3 is 1.56 bits per heavy atom. The van der Waals surface area contributed by atoms with Crippen molar-refractivity contribution in [2.75, 3.05) is 0 Å². The second-order valence-electron chi connectivity index (χ2n) is 6.55. The molecule has 2 aromatic carbocycles. The SMILES string of the molecule is O=C(OC(=O)C1Cc2ccccc2CN1)C1Cc2ccccc2CN1. The number of ether oxygens (including phenoxy) is 1. The molecule has 2 aliphatic heterocycles. The first-order chi connectivity index (χ1) is 12.2. The van der Waals surface area contributed by atoms with Gasteiger partial charge < -0.3 is 4.74 Å². The minimum atomic E-state index is -0.500. The van der Waals surface area contributed by atoms with Crippen LogP contribution in [0.2, 0.25) is 0 Å². The van der Waals surface area contributed by atoms with Crippen LogP contribution in [-0.4, -0.2) is 24.0 Å². The number of nitrogens with one attached hydrogen (secondary N) is 2. The van der Waals surface area contributed by atoms with E-state index in [0.29, 0.717) is 25.9 Å². The largest absolute Gasteiger partial charge is 0.391 e. The second kappa shape index (κ2) is 6.78. The first-order valence-electron chi connectivity index (χ1n) is 8.56. The van der Waals surface area contributed by atoms with Crippen molar-refractivity contribution >= 4 is 11.9 Å². The van der Waals surface area contributed by atoms with Crippen molar-refractivity contribution in [3.05, 3.63) is 70.8 Å². The normalized spacial score (nSPS) is 21.8. The summed E-state index contributed by atoms with van der Waals surface area (Å²) in [5.74, 6) is -1.000. The summed E-state index contributed by atoms with van der Waals surface area (Å²) in [5, 5.41) is 6.30. The van der Waals surface area contributed by atoms with Gasteiger partial charge in [-0.25, -0.2) is 9.59 Å². The highest BCUT2D eigenvalue weighted by Gasteiger charge is 2.31. The van der Waals surface area contributed by atoms with Crippen molar-refractivity contribution in [2.45, 2.75) is 38.0 Å². The fourth-order valence-corrected chi connectivity index (χ4v) is 3.48. The molecule has 5 nitrogen and oxygen atoms in total. The molecule has 0 fully saturated rings. The highest BCUT2D eigenvalue weighted by molar-refractivity contribution is 5.91. The van der Waals surface area contributed by atoms with E-state index in [9.17, 15) is 9.59 Å². The molecule has 0 amide bonds. The Labute approximate surface area is 146 Å². The molecule has 0 spiro atoms. The van der Waals surface area contributed by atoms with Gasteiger partial charge in [0.1, 0.15) is 12.1 Å². The van der Waals surface area contributed by atoms with Gasteiger partial charge in [0.15, 0.2) is 0 Å². The van der Waals surface area contributed by atoms with Crippen molar-refractivity contribution in [2.24, 2.45) is 0 Å². The van der Waals surface area contributed by atoms with Crippen molar-refractivity contribution < 1.29 is 14.3 Å². The monoisotopic (exact) mass is 336 g/mol. The van der Waals surface area contributed by atoms with Crippen molar-refractivity contribution in [1.29, 1.82) is 0 Å². The summed E-state index contributed by atoms with van der Waals surface area (Å²) in [6.07, 6.45) is 1.09. The Morgan fingerprint density at radius 1 is 0.720 bits per heavy atom. The predicted molar refractivity (Wildman–Crippen MR) is 92.6 cm³/mol. The smallest absolute Gasteiger partial charge is 0.331 e. The van der Waals surface area contributed by atoms with E-state index in [2.05, 4.69) is 10.6 Å². The van der Waals surface area contributed by atoms with Gasteiger partial charge >= 0.3 is 11.9 Å². The maximum Gasteiger partial charge on any atom is 0.331 e. The Balaban J connectivity index is 1.38. The van der Waals surface area contributed by atoms with Crippen LogP contribution in [0.3, 0.4) is 0 Å². The first kappa shape index (κ1) is 16.0. The van der Waals surface area contributed by atoms with Gasteiger partial charge in [-0.3, -0.25) is 10.6 Å². The number of hydrogen-bond donors (Lipinski definition) is 2. The molecule has 0 aliphatic carbocycles. The number of hydrogen-bond acceptors (Lipinski definition) is 5. The number of benzene rings is 2. The summed E-state index contributed by atoms with van der Waals surface area (Å²) in [6, 6.07) is 15.0. The summed E-state index contributed by atoms with van der Waals surface area (Å²) < 4.78 is 5.16. The Hall–Kier alpha value is -2.50. The predicted octanol–water partition coefficient (Wildman–Crippen LogP) is 1.49. The van der Waals surface area contributed by atoms with Crippen LogP contribution < -0.4 is 10.6 Å². The molecule has 0 saturated heterocycles. The van der Waals surface area contributed by atoms with Gasteiger partial charge in [0.25, 0.3) is 0 Å². The molecule has 0 aromatic heterocycles. The van der Waals surface area contributed by atoms with Gasteiger partial charge in [0.2, 0.25) is 0 Å². The molecule has 0 radical (unpaired) electrons. The van der Waals surface area contributed by atoms with Gasteiger partial charge in [-0.15, -0.1) is 0 Å². The molecule has 0 bridgehead atoms. The third-order valence-corrected chi connectivity index (χ3v) is 4.93. The molecule has 0 saturated carbocycles. The molecule has 25 heavy (non-hydrogen) atoms. The Kier molecular flexibility index (Phi) is 4.34. The third kappa shape index (κ3) is 3.34. The average molecular weight is 336 g/mol. The molecular formula is C20H20N2O3. The summed E-state index contributed by atoms with van der Waals surface area (Å²) >= 11 is 0. The Bertz CT molecular complexity index is 751. The van der Waals surface area contributed by atoms with Crippen LogP contribution in [0.25, 0.3) is 0 Å². The average Bonchev–Trinajstić information content (AvgIpc) is 2.67. The zero-order chi connectivity index (χ0) is 17.2. The van der Waals surface area contributed by atoms with E-state index in [1.54, 1.807) is 0 Å². The molecule has 2 N–H and O–H groups in total. The Morgan fingerprint density at radius 2 is 1.12 bits per heavy atom. The van der Waals surface area contributed by atoms with Crippen LogP contribution in [0.1, 0.15) is 22.3 Å². The number of carbonyl (C=O) groups is 2. The number of fused-ring (bicyclic) bond motifs is 2. The number of esters is 2. The van der Waals surface area contributed by atoms with Gasteiger partial charge in [-0.2, -0.15) is 0 Å². The van der Waals surface area contributed by atoms with E-state index in [1.165, 1.54) is 11.1 Å². The van der Waals surface area contributed by atoms with Crippen LogP contribution in [-0.2, 0) is 40.3 Å². The van der Waals surface area contributed by atoms with E-state index >= 15 is 0 Å². The summed E-state index contributed by atoms with van der Waals surface area (Å²) in [5.41, 5.74) is 4.62. The fourth-order valence-electron chi connectivity index (χ4n) is 3.48. The summed E-state index contributed by atoms with van der Waals surface area (Å²) in [7, 11) is 0. The molecule has 2 aliphatic rings. The third-order valence-electron chi connectivity index (χ3n) is 4.93.